The number of nitrogens with zero attached hydrogens (tertiary/aromatic N) is 2. The fourth-order valence-corrected chi connectivity index (χ4v) is 2.15. The van der Waals surface area contributed by atoms with E-state index in [-0.39, 0.29) is 6.04 Å². The predicted octanol–water partition coefficient (Wildman–Crippen LogP) is 4.40. The minimum atomic E-state index is -0.132. The topological polar surface area (TPSA) is 76.9 Å². The molecule has 1 aromatic heterocycles. The lowest BCUT2D eigenvalue weighted by Crippen LogP contribution is -1.94. The Labute approximate surface area is 116 Å². The molecule has 0 aliphatic heterocycles. The lowest BCUT2D eigenvalue weighted by atomic mass is 10.1. The Morgan fingerprint density at radius 2 is 2.05 bits per heavy atom. The standard InChI is InChI=1S/C15H15N5/c1-10(18-16)11-5-4-6-12(9-11)17-15-13-7-2-3-8-14(13)19-20-15/h2-10,16H,1H3,(H2,17,19,20). The number of rotatable bonds is 4. The van der Waals surface area contributed by atoms with Crippen molar-refractivity contribution >= 4 is 22.4 Å². The Balaban J connectivity index is 1.93. The van der Waals surface area contributed by atoms with Gasteiger partial charge in [0, 0.05) is 11.1 Å². The fourth-order valence-electron chi connectivity index (χ4n) is 2.15. The minimum absolute atomic E-state index is 0.132. The Morgan fingerprint density at radius 3 is 2.90 bits per heavy atom. The number of anilines is 2. The van der Waals surface area contributed by atoms with Gasteiger partial charge in [0.25, 0.3) is 0 Å². The van der Waals surface area contributed by atoms with E-state index in [1.807, 2.05) is 55.5 Å². The van der Waals surface area contributed by atoms with Gasteiger partial charge in [-0.25, -0.2) is 5.53 Å². The molecule has 100 valence electrons. The smallest absolute Gasteiger partial charge is 0.160 e. The highest BCUT2D eigenvalue weighted by atomic mass is 15.2. The molecule has 0 fully saturated rings. The predicted molar refractivity (Wildman–Crippen MR) is 79.4 cm³/mol. The summed E-state index contributed by atoms with van der Waals surface area (Å²) in [6.45, 7) is 1.90. The Hall–Kier alpha value is -2.69. The van der Waals surface area contributed by atoms with Crippen molar-refractivity contribution in [1.29, 1.82) is 5.53 Å². The van der Waals surface area contributed by atoms with Crippen molar-refractivity contribution < 1.29 is 0 Å². The molecule has 1 heterocycles. The van der Waals surface area contributed by atoms with Gasteiger partial charge in [-0.2, -0.15) is 10.2 Å². The first-order valence-electron chi connectivity index (χ1n) is 6.44. The molecule has 0 saturated heterocycles. The van der Waals surface area contributed by atoms with E-state index >= 15 is 0 Å². The first-order valence-corrected chi connectivity index (χ1v) is 6.44. The van der Waals surface area contributed by atoms with Crippen molar-refractivity contribution in [2.45, 2.75) is 13.0 Å². The van der Waals surface area contributed by atoms with Crippen LogP contribution in [-0.2, 0) is 0 Å². The van der Waals surface area contributed by atoms with E-state index in [9.17, 15) is 0 Å². The van der Waals surface area contributed by atoms with Crippen LogP contribution in [0.25, 0.3) is 10.9 Å². The largest absolute Gasteiger partial charge is 0.338 e. The van der Waals surface area contributed by atoms with Crippen LogP contribution in [0, 0.1) is 5.53 Å². The molecule has 0 saturated carbocycles. The van der Waals surface area contributed by atoms with E-state index in [1.54, 1.807) is 0 Å². The summed E-state index contributed by atoms with van der Waals surface area (Å²) in [7, 11) is 0. The zero-order valence-electron chi connectivity index (χ0n) is 11.1. The van der Waals surface area contributed by atoms with Gasteiger partial charge in [-0.1, -0.05) is 24.3 Å². The summed E-state index contributed by atoms with van der Waals surface area (Å²) in [5.41, 5.74) is 10.1. The number of hydrogen-bond donors (Lipinski definition) is 3. The highest BCUT2D eigenvalue weighted by Crippen LogP contribution is 2.26. The summed E-state index contributed by atoms with van der Waals surface area (Å²) < 4.78 is 0. The average molecular weight is 265 g/mol. The lowest BCUT2D eigenvalue weighted by Gasteiger charge is -2.08. The van der Waals surface area contributed by atoms with Crippen LogP contribution in [0.1, 0.15) is 18.5 Å². The Morgan fingerprint density at radius 1 is 1.20 bits per heavy atom. The van der Waals surface area contributed by atoms with E-state index in [0.717, 1.165) is 28.0 Å². The molecule has 1 atom stereocenters. The third kappa shape index (κ3) is 2.25. The average Bonchev–Trinajstić information content (AvgIpc) is 2.90. The van der Waals surface area contributed by atoms with E-state index < -0.39 is 0 Å². The zero-order valence-corrected chi connectivity index (χ0v) is 11.1. The van der Waals surface area contributed by atoms with Crippen LogP contribution < -0.4 is 5.32 Å². The second-order valence-corrected chi connectivity index (χ2v) is 4.67. The molecule has 0 radical (unpaired) electrons. The monoisotopic (exact) mass is 265 g/mol. The van der Waals surface area contributed by atoms with Gasteiger partial charge in [0.1, 0.15) is 0 Å². The molecule has 5 heteroatoms. The summed E-state index contributed by atoms with van der Waals surface area (Å²) >= 11 is 0. The van der Waals surface area contributed by atoms with Crippen LogP contribution in [0.5, 0.6) is 0 Å². The van der Waals surface area contributed by atoms with Crippen LogP contribution in [-0.4, -0.2) is 10.2 Å². The molecule has 0 amide bonds. The zero-order chi connectivity index (χ0) is 13.9. The van der Waals surface area contributed by atoms with Crippen LogP contribution in [0.2, 0.25) is 0 Å². The van der Waals surface area contributed by atoms with Crippen molar-refractivity contribution in [1.82, 2.24) is 10.2 Å². The van der Waals surface area contributed by atoms with E-state index in [0.29, 0.717) is 0 Å². The normalized spacial score (nSPS) is 12.2. The SMILES string of the molecule is CC(N=N)c1cccc(Nc2n[nH]c3ccccc23)c1. The molecule has 3 N–H and O–H groups in total. The van der Waals surface area contributed by atoms with Crippen molar-refractivity contribution in [3.63, 3.8) is 0 Å². The lowest BCUT2D eigenvalue weighted by molar-refractivity contribution is 0.734. The number of aromatic amines is 1. The van der Waals surface area contributed by atoms with Crippen LogP contribution >= 0.6 is 0 Å². The second-order valence-electron chi connectivity index (χ2n) is 4.67. The highest BCUT2D eigenvalue weighted by Gasteiger charge is 2.07. The molecule has 5 nitrogen and oxygen atoms in total. The van der Waals surface area contributed by atoms with E-state index in [2.05, 4.69) is 20.6 Å². The van der Waals surface area contributed by atoms with Gasteiger partial charge >= 0.3 is 0 Å². The van der Waals surface area contributed by atoms with E-state index in [1.165, 1.54) is 0 Å². The van der Waals surface area contributed by atoms with Crippen LogP contribution in [0.15, 0.2) is 53.6 Å². The molecule has 1 unspecified atom stereocenters. The van der Waals surface area contributed by atoms with Gasteiger partial charge < -0.3 is 5.32 Å². The molecular weight excluding hydrogens is 250 g/mol. The second kappa shape index (κ2) is 5.13. The molecule has 0 bridgehead atoms. The Bertz CT molecular complexity index is 747. The minimum Gasteiger partial charge on any atom is -0.338 e. The molecule has 20 heavy (non-hydrogen) atoms. The van der Waals surface area contributed by atoms with Crippen molar-refractivity contribution in [2.24, 2.45) is 5.11 Å². The number of aromatic nitrogens is 2. The van der Waals surface area contributed by atoms with Gasteiger partial charge in [-0.3, -0.25) is 5.10 Å². The van der Waals surface area contributed by atoms with Crippen LogP contribution in [0.4, 0.5) is 11.5 Å². The summed E-state index contributed by atoms with van der Waals surface area (Å²) in [5.74, 6) is 0.799. The third-order valence-corrected chi connectivity index (χ3v) is 3.30. The van der Waals surface area contributed by atoms with Crippen molar-refractivity contribution in [3.05, 3.63) is 54.1 Å². The molecule has 0 spiro atoms. The summed E-state index contributed by atoms with van der Waals surface area (Å²) in [5, 5.41) is 15.2. The van der Waals surface area contributed by atoms with Gasteiger partial charge in [0.2, 0.25) is 0 Å². The third-order valence-electron chi connectivity index (χ3n) is 3.30. The van der Waals surface area contributed by atoms with Gasteiger partial charge in [0.05, 0.1) is 11.6 Å². The maximum Gasteiger partial charge on any atom is 0.160 e. The number of hydrogen-bond acceptors (Lipinski definition) is 4. The van der Waals surface area contributed by atoms with Gasteiger partial charge in [-0.05, 0) is 36.8 Å². The van der Waals surface area contributed by atoms with Crippen molar-refractivity contribution in [3.8, 4) is 0 Å². The first kappa shape index (κ1) is 12.3. The maximum atomic E-state index is 7.11. The number of fused-ring (bicyclic) bond motifs is 1. The summed E-state index contributed by atoms with van der Waals surface area (Å²) in [4.78, 5) is 0. The molecule has 0 aliphatic rings. The first-order chi connectivity index (χ1) is 9.78. The highest BCUT2D eigenvalue weighted by molar-refractivity contribution is 5.91. The van der Waals surface area contributed by atoms with E-state index in [4.69, 9.17) is 5.53 Å². The number of nitrogens with one attached hydrogen (secondary N) is 3. The number of para-hydroxylation sites is 1. The number of benzene rings is 2. The van der Waals surface area contributed by atoms with Crippen molar-refractivity contribution in [2.75, 3.05) is 5.32 Å². The van der Waals surface area contributed by atoms with Gasteiger partial charge in [0.15, 0.2) is 5.82 Å². The maximum absolute atomic E-state index is 7.11. The number of H-pyrrole nitrogens is 1. The Kier molecular flexibility index (Phi) is 3.16. The molecule has 0 aliphatic carbocycles. The quantitative estimate of drug-likeness (QED) is 0.611. The molecule has 2 aromatic carbocycles. The molecular formula is C15H15N5. The summed E-state index contributed by atoms with van der Waals surface area (Å²) in [6.07, 6.45) is 0. The molecule has 3 rings (SSSR count). The summed E-state index contributed by atoms with van der Waals surface area (Å²) in [6, 6.07) is 15.7. The molecule has 3 aromatic rings. The van der Waals surface area contributed by atoms with Crippen LogP contribution in [0.3, 0.4) is 0 Å². The fraction of sp³-hybridized carbons (Fsp3) is 0.133. The van der Waals surface area contributed by atoms with Gasteiger partial charge in [-0.15, -0.1) is 0 Å².